The minimum atomic E-state index is -0.333. The molecule has 1 aliphatic carbocycles. The summed E-state index contributed by atoms with van der Waals surface area (Å²) in [6.07, 6.45) is 2.08. The molecule has 1 fully saturated rings. The third-order valence-corrected chi connectivity index (χ3v) is 2.83. The highest BCUT2D eigenvalue weighted by Crippen LogP contribution is 2.59. The Hall–Kier alpha value is -1.28. The Morgan fingerprint density at radius 1 is 1.50 bits per heavy atom. The maximum Gasteiger partial charge on any atom is 0.223 e. The van der Waals surface area contributed by atoms with Crippen LogP contribution in [0.1, 0.15) is 27.7 Å². The summed E-state index contributed by atoms with van der Waals surface area (Å²) in [6.45, 7) is 8.05. The molecule has 76 valence electrons. The average molecular weight is 193 g/mol. The van der Waals surface area contributed by atoms with Gasteiger partial charge in [0.05, 0.1) is 0 Å². The highest BCUT2D eigenvalue weighted by Gasteiger charge is 2.59. The maximum atomic E-state index is 11.4. The summed E-state index contributed by atoms with van der Waals surface area (Å²) in [7, 11) is 0. The van der Waals surface area contributed by atoms with Gasteiger partial charge in [-0.3, -0.25) is 4.79 Å². The molecule has 0 spiro atoms. The molecule has 1 amide bonds. The number of nitrogens with zero attached hydrogens (tertiary/aromatic N) is 3. The summed E-state index contributed by atoms with van der Waals surface area (Å²) >= 11 is 0. The van der Waals surface area contributed by atoms with E-state index in [4.69, 9.17) is 5.53 Å². The summed E-state index contributed by atoms with van der Waals surface area (Å²) in [6, 6.07) is 0. The van der Waals surface area contributed by atoms with E-state index in [0.29, 0.717) is 0 Å². The lowest BCUT2D eigenvalue weighted by Gasteiger charge is -1.97. The van der Waals surface area contributed by atoms with Gasteiger partial charge in [-0.2, -0.15) is 0 Å². The molecular formula is C10H15N3O. The van der Waals surface area contributed by atoms with Crippen molar-refractivity contribution >= 4 is 5.91 Å². The Morgan fingerprint density at radius 3 is 2.50 bits per heavy atom. The van der Waals surface area contributed by atoms with Crippen molar-refractivity contribution in [1.82, 2.24) is 0 Å². The van der Waals surface area contributed by atoms with E-state index in [2.05, 4.69) is 16.1 Å². The van der Waals surface area contributed by atoms with Crippen molar-refractivity contribution in [1.29, 1.82) is 0 Å². The molecule has 0 radical (unpaired) electrons. The van der Waals surface area contributed by atoms with Crippen LogP contribution in [0.5, 0.6) is 0 Å². The van der Waals surface area contributed by atoms with Crippen LogP contribution in [0.3, 0.4) is 0 Å². The normalized spacial score (nSPS) is 27.4. The van der Waals surface area contributed by atoms with Crippen molar-refractivity contribution in [2.24, 2.45) is 22.4 Å². The van der Waals surface area contributed by atoms with Gasteiger partial charge in [0.1, 0.15) is 0 Å². The van der Waals surface area contributed by atoms with Crippen molar-refractivity contribution in [3.8, 4) is 0 Å². The molecule has 0 aromatic heterocycles. The SMILES string of the molecule is CC(C)=C[C@@H]1[C@@H](C(=O)N=[N+]=[N-])C1(C)C. The molecule has 2 atom stereocenters. The van der Waals surface area contributed by atoms with E-state index in [1.807, 2.05) is 27.7 Å². The van der Waals surface area contributed by atoms with Gasteiger partial charge < -0.3 is 0 Å². The molecule has 0 N–H and O–H groups in total. The third-order valence-electron chi connectivity index (χ3n) is 2.83. The van der Waals surface area contributed by atoms with Crippen LogP contribution in [-0.2, 0) is 4.79 Å². The van der Waals surface area contributed by atoms with E-state index in [9.17, 15) is 4.79 Å². The lowest BCUT2D eigenvalue weighted by molar-refractivity contribution is -0.119. The van der Waals surface area contributed by atoms with Crippen LogP contribution in [0.2, 0.25) is 0 Å². The fourth-order valence-corrected chi connectivity index (χ4v) is 1.93. The van der Waals surface area contributed by atoms with E-state index in [1.165, 1.54) is 5.57 Å². The monoisotopic (exact) mass is 193 g/mol. The molecule has 0 aromatic carbocycles. The van der Waals surface area contributed by atoms with Gasteiger partial charge in [-0.15, -0.1) is 0 Å². The smallest absolute Gasteiger partial charge is 0.223 e. The van der Waals surface area contributed by atoms with Crippen molar-refractivity contribution < 1.29 is 4.79 Å². The first-order valence-electron chi connectivity index (χ1n) is 4.65. The first kappa shape index (κ1) is 10.8. The molecular weight excluding hydrogens is 178 g/mol. The van der Waals surface area contributed by atoms with Gasteiger partial charge in [0, 0.05) is 10.8 Å². The summed E-state index contributed by atoms with van der Waals surface area (Å²) < 4.78 is 0. The van der Waals surface area contributed by atoms with Crippen LogP contribution < -0.4 is 0 Å². The minimum Gasteiger partial charge on any atom is -0.292 e. The highest BCUT2D eigenvalue weighted by atomic mass is 16.2. The van der Waals surface area contributed by atoms with Crippen molar-refractivity contribution in [2.75, 3.05) is 0 Å². The number of rotatable bonds is 2. The molecule has 0 unspecified atom stereocenters. The number of hydrogen-bond donors (Lipinski definition) is 0. The van der Waals surface area contributed by atoms with Gasteiger partial charge in [0.15, 0.2) is 0 Å². The van der Waals surface area contributed by atoms with E-state index in [0.717, 1.165) is 0 Å². The van der Waals surface area contributed by atoms with Crippen LogP contribution in [0, 0.1) is 17.3 Å². The first-order chi connectivity index (χ1) is 6.41. The zero-order chi connectivity index (χ0) is 10.9. The molecule has 14 heavy (non-hydrogen) atoms. The summed E-state index contributed by atoms with van der Waals surface area (Å²) in [5, 5.41) is 3.15. The van der Waals surface area contributed by atoms with Gasteiger partial charge in [-0.1, -0.05) is 25.5 Å². The fraction of sp³-hybridized carbons (Fsp3) is 0.700. The number of carbonyl (C=O) groups is 1. The molecule has 1 rings (SSSR count). The zero-order valence-corrected chi connectivity index (χ0v) is 8.98. The molecule has 1 aliphatic rings. The second-order valence-corrected chi connectivity index (χ2v) is 4.60. The largest absolute Gasteiger partial charge is 0.292 e. The van der Waals surface area contributed by atoms with Crippen molar-refractivity contribution in [3.05, 3.63) is 22.1 Å². The minimum absolute atomic E-state index is 0.0530. The topological polar surface area (TPSA) is 65.8 Å². The Kier molecular flexibility index (Phi) is 2.67. The molecule has 0 bridgehead atoms. The standard InChI is InChI=1S/C10H15N3O/c1-6(2)5-7-8(10(7,3)4)9(14)12-13-11/h5,7-8H,1-4H3/t7-,8+/m1/s1. The van der Waals surface area contributed by atoms with Crippen LogP contribution >= 0.6 is 0 Å². The fourth-order valence-electron chi connectivity index (χ4n) is 1.93. The quantitative estimate of drug-likeness (QED) is 0.287. The number of carbonyl (C=O) groups excluding carboxylic acids is 1. The second kappa shape index (κ2) is 3.46. The first-order valence-corrected chi connectivity index (χ1v) is 4.65. The van der Waals surface area contributed by atoms with Gasteiger partial charge in [0.2, 0.25) is 5.91 Å². The lowest BCUT2D eigenvalue weighted by atomic mass is 10.1. The predicted octanol–water partition coefficient (Wildman–Crippen LogP) is 3.06. The van der Waals surface area contributed by atoms with Crippen LogP contribution in [0.15, 0.2) is 16.8 Å². The highest BCUT2D eigenvalue weighted by molar-refractivity contribution is 5.84. The Balaban J connectivity index is 2.81. The van der Waals surface area contributed by atoms with Crippen molar-refractivity contribution in [2.45, 2.75) is 27.7 Å². The number of allylic oxidation sites excluding steroid dienone is 2. The number of amides is 1. The van der Waals surface area contributed by atoms with Crippen LogP contribution in [-0.4, -0.2) is 5.91 Å². The Morgan fingerprint density at radius 2 is 2.07 bits per heavy atom. The molecule has 0 aromatic rings. The lowest BCUT2D eigenvalue weighted by Crippen LogP contribution is -2.00. The van der Waals surface area contributed by atoms with Gasteiger partial charge >= 0.3 is 0 Å². The molecule has 0 heterocycles. The third kappa shape index (κ3) is 1.80. The molecule has 1 saturated carbocycles. The van der Waals surface area contributed by atoms with Crippen molar-refractivity contribution in [3.63, 3.8) is 0 Å². The molecule has 0 saturated heterocycles. The van der Waals surface area contributed by atoms with Crippen LogP contribution in [0.25, 0.3) is 10.4 Å². The summed E-state index contributed by atoms with van der Waals surface area (Å²) in [5.41, 5.74) is 9.31. The van der Waals surface area contributed by atoms with E-state index >= 15 is 0 Å². The number of azide groups is 1. The Bertz CT molecular complexity index is 333. The van der Waals surface area contributed by atoms with E-state index in [1.54, 1.807) is 0 Å². The average Bonchev–Trinajstić information content (AvgIpc) is 2.52. The predicted molar refractivity (Wildman–Crippen MR) is 54.3 cm³/mol. The number of hydrogen-bond acceptors (Lipinski definition) is 1. The molecule has 4 nitrogen and oxygen atoms in total. The summed E-state index contributed by atoms with van der Waals surface area (Å²) in [4.78, 5) is 13.9. The molecule has 4 heteroatoms. The van der Waals surface area contributed by atoms with E-state index < -0.39 is 0 Å². The van der Waals surface area contributed by atoms with Gasteiger partial charge in [-0.25, -0.2) is 0 Å². The summed E-state index contributed by atoms with van der Waals surface area (Å²) in [5.74, 6) is -0.237. The van der Waals surface area contributed by atoms with Gasteiger partial charge in [-0.05, 0) is 35.8 Å². The van der Waals surface area contributed by atoms with Crippen LogP contribution in [0.4, 0.5) is 0 Å². The molecule has 0 aliphatic heterocycles. The zero-order valence-electron chi connectivity index (χ0n) is 8.98. The second-order valence-electron chi connectivity index (χ2n) is 4.60. The van der Waals surface area contributed by atoms with Gasteiger partial charge in [0.25, 0.3) is 0 Å². The van der Waals surface area contributed by atoms with E-state index in [-0.39, 0.29) is 23.2 Å². The maximum absolute atomic E-state index is 11.4. The Labute approximate surface area is 83.6 Å².